The van der Waals surface area contributed by atoms with Crippen LogP contribution in [0.5, 0.6) is 11.5 Å². The molecule has 4 heteroatoms. The Balaban J connectivity index is 2.26. The summed E-state index contributed by atoms with van der Waals surface area (Å²) in [6.07, 6.45) is 0. The molecular weight excluding hydrogens is 314 g/mol. The summed E-state index contributed by atoms with van der Waals surface area (Å²) in [5, 5.41) is 9.18. The Morgan fingerprint density at radius 3 is 2.44 bits per heavy atom. The second kappa shape index (κ2) is 5.43. The zero-order valence-corrected chi connectivity index (χ0v) is 11.9. The number of hydrogen-bond donors (Lipinski definition) is 0. The van der Waals surface area contributed by atoms with Gasteiger partial charge in [0.05, 0.1) is 10.6 Å². The maximum absolute atomic E-state index is 8.79. The summed E-state index contributed by atoms with van der Waals surface area (Å²) in [6, 6.07) is 12.7. The van der Waals surface area contributed by atoms with E-state index in [1.54, 1.807) is 18.2 Å². The van der Waals surface area contributed by atoms with Crippen LogP contribution in [0.25, 0.3) is 0 Å². The summed E-state index contributed by atoms with van der Waals surface area (Å²) < 4.78 is 6.71. The van der Waals surface area contributed by atoms with Gasteiger partial charge in [-0.25, -0.2) is 0 Å². The van der Waals surface area contributed by atoms with Crippen molar-refractivity contribution in [2.75, 3.05) is 0 Å². The van der Waals surface area contributed by atoms with Gasteiger partial charge in [-0.2, -0.15) is 5.26 Å². The van der Waals surface area contributed by atoms with Crippen LogP contribution in [-0.2, 0) is 0 Å². The van der Waals surface area contributed by atoms with E-state index in [9.17, 15) is 0 Å². The zero-order chi connectivity index (χ0) is 13.1. The van der Waals surface area contributed by atoms with Crippen LogP contribution < -0.4 is 4.74 Å². The van der Waals surface area contributed by atoms with E-state index in [2.05, 4.69) is 15.9 Å². The van der Waals surface area contributed by atoms with Crippen molar-refractivity contribution < 1.29 is 4.74 Å². The van der Waals surface area contributed by atoms with Gasteiger partial charge in [0.2, 0.25) is 0 Å². The topological polar surface area (TPSA) is 33.0 Å². The average molecular weight is 323 g/mol. The summed E-state index contributed by atoms with van der Waals surface area (Å²) in [5.74, 6) is 1.34. The van der Waals surface area contributed by atoms with E-state index in [1.165, 1.54) is 0 Å². The van der Waals surface area contributed by atoms with Crippen LogP contribution in [0.4, 0.5) is 0 Å². The second-order valence-electron chi connectivity index (χ2n) is 3.77. The third-order valence-electron chi connectivity index (χ3n) is 2.43. The first kappa shape index (κ1) is 12.9. The van der Waals surface area contributed by atoms with Gasteiger partial charge < -0.3 is 4.74 Å². The molecule has 0 fully saturated rings. The standard InChI is InChI=1S/C14H9BrClNO/c1-9-6-11(4-5-13(9)15)18-12-3-2-10(8-17)14(16)7-12/h2-7H,1H3. The van der Waals surface area contributed by atoms with Gasteiger partial charge in [-0.05, 0) is 42.8 Å². The molecule has 0 heterocycles. The molecule has 0 radical (unpaired) electrons. The molecule has 2 nitrogen and oxygen atoms in total. The SMILES string of the molecule is Cc1cc(Oc2ccc(C#N)c(Cl)c2)ccc1Br. The molecule has 90 valence electrons. The summed E-state index contributed by atoms with van der Waals surface area (Å²) >= 11 is 9.37. The molecule has 0 atom stereocenters. The third kappa shape index (κ3) is 2.84. The van der Waals surface area contributed by atoms with Crippen LogP contribution in [0.2, 0.25) is 5.02 Å². The largest absolute Gasteiger partial charge is 0.457 e. The number of nitrogens with zero attached hydrogens (tertiary/aromatic N) is 1. The molecule has 0 N–H and O–H groups in total. The van der Waals surface area contributed by atoms with Gasteiger partial charge in [-0.15, -0.1) is 0 Å². The lowest BCUT2D eigenvalue weighted by molar-refractivity contribution is 0.482. The first-order chi connectivity index (χ1) is 8.60. The molecular formula is C14H9BrClNO. The second-order valence-corrected chi connectivity index (χ2v) is 5.03. The van der Waals surface area contributed by atoms with Crippen LogP contribution in [0.1, 0.15) is 11.1 Å². The molecule has 2 rings (SSSR count). The molecule has 0 amide bonds. The Hall–Kier alpha value is -1.50. The number of aryl methyl sites for hydroxylation is 1. The molecule has 0 aromatic heterocycles. The number of hydrogen-bond acceptors (Lipinski definition) is 2. The minimum absolute atomic E-state index is 0.392. The van der Waals surface area contributed by atoms with E-state index in [-0.39, 0.29) is 0 Å². The minimum atomic E-state index is 0.392. The van der Waals surface area contributed by atoms with E-state index >= 15 is 0 Å². The molecule has 18 heavy (non-hydrogen) atoms. The highest BCUT2D eigenvalue weighted by Crippen LogP contribution is 2.28. The summed E-state index contributed by atoms with van der Waals surface area (Å²) in [5.41, 5.74) is 1.53. The molecule has 0 aliphatic carbocycles. The summed E-state index contributed by atoms with van der Waals surface area (Å²) in [4.78, 5) is 0. The predicted octanol–water partition coefficient (Wildman–Crippen LogP) is 5.07. The first-order valence-corrected chi connectivity index (χ1v) is 6.41. The van der Waals surface area contributed by atoms with Gasteiger partial charge in [-0.3, -0.25) is 0 Å². The quantitative estimate of drug-likeness (QED) is 0.773. The Morgan fingerprint density at radius 2 is 1.83 bits per heavy atom. The van der Waals surface area contributed by atoms with Crippen LogP contribution in [-0.4, -0.2) is 0 Å². The highest BCUT2D eigenvalue weighted by Gasteiger charge is 2.04. The van der Waals surface area contributed by atoms with E-state index in [4.69, 9.17) is 21.6 Å². The number of halogens is 2. The zero-order valence-electron chi connectivity index (χ0n) is 9.58. The minimum Gasteiger partial charge on any atom is -0.457 e. The van der Waals surface area contributed by atoms with Crippen molar-refractivity contribution in [3.05, 3.63) is 57.0 Å². The monoisotopic (exact) mass is 321 g/mol. The smallest absolute Gasteiger partial charge is 0.129 e. The molecule has 2 aromatic rings. The van der Waals surface area contributed by atoms with Crippen molar-refractivity contribution in [1.82, 2.24) is 0 Å². The summed E-state index contributed by atoms with van der Waals surface area (Å²) in [6.45, 7) is 1.99. The van der Waals surface area contributed by atoms with Gasteiger partial charge >= 0.3 is 0 Å². The normalized spacial score (nSPS) is 9.89. The first-order valence-electron chi connectivity index (χ1n) is 5.24. The number of rotatable bonds is 2. The van der Waals surface area contributed by atoms with Gasteiger partial charge in [0.25, 0.3) is 0 Å². The van der Waals surface area contributed by atoms with E-state index in [0.717, 1.165) is 15.8 Å². The van der Waals surface area contributed by atoms with E-state index in [0.29, 0.717) is 16.3 Å². The predicted molar refractivity (Wildman–Crippen MR) is 75.1 cm³/mol. The lowest BCUT2D eigenvalue weighted by Gasteiger charge is -2.08. The summed E-state index contributed by atoms with van der Waals surface area (Å²) in [7, 11) is 0. The fourth-order valence-electron chi connectivity index (χ4n) is 1.47. The molecule has 0 aliphatic heterocycles. The van der Waals surface area contributed by atoms with Crippen LogP contribution >= 0.6 is 27.5 Å². The van der Waals surface area contributed by atoms with E-state index < -0.39 is 0 Å². The third-order valence-corrected chi connectivity index (χ3v) is 3.63. The van der Waals surface area contributed by atoms with Gasteiger partial charge in [0.1, 0.15) is 17.6 Å². The van der Waals surface area contributed by atoms with Crippen LogP contribution in [0.15, 0.2) is 40.9 Å². The maximum atomic E-state index is 8.79. The molecule has 0 saturated carbocycles. The van der Waals surface area contributed by atoms with Gasteiger partial charge in [0, 0.05) is 10.5 Å². The molecule has 0 saturated heterocycles. The number of ether oxygens (including phenoxy) is 1. The van der Waals surface area contributed by atoms with Crippen LogP contribution in [0, 0.1) is 18.3 Å². The fraction of sp³-hybridized carbons (Fsp3) is 0.0714. The van der Waals surface area contributed by atoms with Crippen molar-refractivity contribution in [2.24, 2.45) is 0 Å². The van der Waals surface area contributed by atoms with E-state index in [1.807, 2.05) is 31.2 Å². The highest BCUT2D eigenvalue weighted by molar-refractivity contribution is 9.10. The molecule has 2 aromatic carbocycles. The molecule has 0 bridgehead atoms. The van der Waals surface area contributed by atoms with Crippen molar-refractivity contribution in [3.63, 3.8) is 0 Å². The number of benzene rings is 2. The Labute approximate surface area is 119 Å². The molecule has 0 unspecified atom stereocenters. The number of nitriles is 1. The van der Waals surface area contributed by atoms with Crippen molar-refractivity contribution in [2.45, 2.75) is 6.92 Å². The maximum Gasteiger partial charge on any atom is 0.129 e. The lowest BCUT2D eigenvalue weighted by Crippen LogP contribution is -1.87. The lowest BCUT2D eigenvalue weighted by atomic mass is 10.2. The van der Waals surface area contributed by atoms with Crippen molar-refractivity contribution in [1.29, 1.82) is 5.26 Å². The van der Waals surface area contributed by atoms with Crippen molar-refractivity contribution in [3.8, 4) is 17.6 Å². The molecule has 0 aliphatic rings. The molecule has 0 spiro atoms. The van der Waals surface area contributed by atoms with Crippen molar-refractivity contribution >= 4 is 27.5 Å². The van der Waals surface area contributed by atoms with Gasteiger partial charge in [0.15, 0.2) is 0 Å². The average Bonchev–Trinajstić information content (AvgIpc) is 2.34. The Kier molecular flexibility index (Phi) is 3.90. The Bertz CT molecular complexity index is 634. The van der Waals surface area contributed by atoms with Crippen LogP contribution in [0.3, 0.4) is 0 Å². The Morgan fingerprint density at radius 1 is 1.17 bits per heavy atom. The highest BCUT2D eigenvalue weighted by atomic mass is 79.9. The van der Waals surface area contributed by atoms with Gasteiger partial charge in [-0.1, -0.05) is 27.5 Å². The fourth-order valence-corrected chi connectivity index (χ4v) is 1.93.